The largest absolute Gasteiger partial charge is 0.393 e. The van der Waals surface area contributed by atoms with Crippen LogP contribution in [0.25, 0.3) is 28.1 Å². The fourth-order valence-corrected chi connectivity index (χ4v) is 4.48. The normalized spacial score (nSPS) is 19.2. The van der Waals surface area contributed by atoms with Gasteiger partial charge in [0, 0.05) is 26.2 Å². The fraction of sp³-hybridized carbons (Fsp3) is 0.455. The first-order valence-corrected chi connectivity index (χ1v) is 11.0. The maximum Gasteiger partial charge on any atom is 0.277 e. The molecular formula is C22H24N6O4. The number of aromatic nitrogens is 5. The Balaban J connectivity index is 1.44. The van der Waals surface area contributed by atoms with Gasteiger partial charge >= 0.3 is 0 Å². The van der Waals surface area contributed by atoms with Crippen LogP contribution >= 0.6 is 0 Å². The monoisotopic (exact) mass is 436 g/mol. The summed E-state index contributed by atoms with van der Waals surface area (Å²) in [6.45, 7) is 2.88. The number of rotatable bonds is 5. The molecule has 10 nitrogen and oxygen atoms in total. The highest BCUT2D eigenvalue weighted by atomic mass is 16.5. The molecule has 0 amide bonds. The number of para-hydroxylation sites is 2. The molecule has 1 saturated carbocycles. The van der Waals surface area contributed by atoms with E-state index in [0.29, 0.717) is 30.6 Å². The van der Waals surface area contributed by atoms with Gasteiger partial charge in [0.25, 0.3) is 11.4 Å². The van der Waals surface area contributed by atoms with Crippen LogP contribution in [-0.4, -0.2) is 64.9 Å². The van der Waals surface area contributed by atoms with Gasteiger partial charge in [-0.2, -0.15) is 4.98 Å². The minimum absolute atomic E-state index is 0.169. The van der Waals surface area contributed by atoms with Crippen molar-refractivity contribution in [3.8, 4) is 11.5 Å². The summed E-state index contributed by atoms with van der Waals surface area (Å²) >= 11 is 0. The van der Waals surface area contributed by atoms with Crippen molar-refractivity contribution in [2.75, 3.05) is 19.6 Å². The van der Waals surface area contributed by atoms with Gasteiger partial charge in [-0.3, -0.25) is 9.20 Å². The number of hydrogen-bond acceptors (Lipinski definition) is 8. The van der Waals surface area contributed by atoms with Crippen LogP contribution in [0.3, 0.4) is 0 Å². The number of fused-ring (bicyclic) bond motifs is 3. The van der Waals surface area contributed by atoms with Crippen molar-refractivity contribution in [1.82, 2.24) is 29.0 Å². The lowest BCUT2D eigenvalue weighted by molar-refractivity contribution is 0.0810. The minimum atomic E-state index is -1.05. The maximum absolute atomic E-state index is 13.6. The molecule has 2 aliphatic rings. The number of hydrogen-bond donors (Lipinski definition) is 2. The highest BCUT2D eigenvalue weighted by Gasteiger charge is 2.48. The van der Waals surface area contributed by atoms with Crippen LogP contribution in [0.4, 0.5) is 0 Å². The average Bonchev–Trinajstić information content (AvgIpc) is 3.19. The first-order valence-electron chi connectivity index (χ1n) is 11.0. The van der Waals surface area contributed by atoms with Crippen molar-refractivity contribution in [3.63, 3.8) is 0 Å². The van der Waals surface area contributed by atoms with Gasteiger partial charge in [-0.05, 0) is 37.8 Å². The Morgan fingerprint density at radius 1 is 1.12 bits per heavy atom. The molecule has 0 atom stereocenters. The SMILES string of the molecule is O=c1c2c(-c3noc(C4(O)CC4)n3)ncn2c2ccccc2n1CCN1CCC(O)CC1. The molecule has 3 aromatic heterocycles. The van der Waals surface area contributed by atoms with Gasteiger partial charge < -0.3 is 24.2 Å². The zero-order valence-electron chi connectivity index (χ0n) is 17.5. The molecule has 1 saturated heterocycles. The van der Waals surface area contributed by atoms with E-state index >= 15 is 0 Å². The summed E-state index contributed by atoms with van der Waals surface area (Å²) < 4.78 is 8.80. The molecule has 4 aromatic rings. The van der Waals surface area contributed by atoms with Gasteiger partial charge in [-0.15, -0.1) is 0 Å². The smallest absolute Gasteiger partial charge is 0.277 e. The van der Waals surface area contributed by atoms with E-state index < -0.39 is 5.60 Å². The molecule has 0 bridgehead atoms. The van der Waals surface area contributed by atoms with Crippen molar-refractivity contribution < 1.29 is 14.7 Å². The van der Waals surface area contributed by atoms with Crippen molar-refractivity contribution in [1.29, 1.82) is 0 Å². The molecule has 166 valence electrons. The topological polar surface area (TPSA) is 122 Å². The third-order valence-corrected chi connectivity index (χ3v) is 6.60. The van der Waals surface area contributed by atoms with Crippen LogP contribution in [0, 0.1) is 0 Å². The molecule has 0 radical (unpaired) electrons. The Hall–Kier alpha value is -3.08. The van der Waals surface area contributed by atoms with Crippen LogP contribution in [0.15, 0.2) is 39.9 Å². The Bertz CT molecular complexity index is 1360. The predicted octanol–water partition coefficient (Wildman–Crippen LogP) is 1.14. The quantitative estimate of drug-likeness (QED) is 0.478. The number of piperidine rings is 1. The van der Waals surface area contributed by atoms with Crippen LogP contribution in [0.2, 0.25) is 0 Å². The molecule has 2 fully saturated rings. The number of nitrogens with zero attached hydrogens (tertiary/aromatic N) is 6. The molecule has 4 heterocycles. The van der Waals surface area contributed by atoms with Crippen LogP contribution in [0.1, 0.15) is 31.6 Å². The molecular weight excluding hydrogens is 412 g/mol. The average molecular weight is 436 g/mol. The van der Waals surface area contributed by atoms with Crippen molar-refractivity contribution in [2.45, 2.75) is 43.9 Å². The lowest BCUT2D eigenvalue weighted by atomic mass is 10.1. The first kappa shape index (κ1) is 19.6. The number of aliphatic hydroxyl groups is 2. The third kappa shape index (κ3) is 3.14. The standard InChI is InChI=1S/C22H24N6O4/c29-14-5-9-26(10-6-14)11-12-27-15-3-1-2-4-16(15)28-13-23-17(18(28)20(27)30)19-24-21(32-25-19)22(31)7-8-22/h1-4,13-14,29,31H,5-12H2. The lowest BCUT2D eigenvalue weighted by Gasteiger charge is -2.29. The second kappa shape index (κ2) is 7.22. The van der Waals surface area contributed by atoms with E-state index in [1.54, 1.807) is 15.3 Å². The van der Waals surface area contributed by atoms with Crippen molar-refractivity contribution >= 4 is 16.6 Å². The summed E-state index contributed by atoms with van der Waals surface area (Å²) in [5.74, 6) is 0.369. The van der Waals surface area contributed by atoms with E-state index in [2.05, 4.69) is 20.0 Å². The highest BCUT2D eigenvalue weighted by molar-refractivity contribution is 5.83. The maximum atomic E-state index is 13.6. The Kier molecular flexibility index (Phi) is 4.42. The van der Waals surface area contributed by atoms with E-state index in [1.165, 1.54) is 0 Å². The van der Waals surface area contributed by atoms with E-state index in [-0.39, 0.29) is 23.4 Å². The fourth-order valence-electron chi connectivity index (χ4n) is 4.48. The number of aliphatic hydroxyl groups excluding tert-OH is 1. The van der Waals surface area contributed by atoms with Gasteiger partial charge in [0.05, 0.1) is 17.1 Å². The second-order valence-electron chi connectivity index (χ2n) is 8.78. The van der Waals surface area contributed by atoms with Crippen LogP contribution < -0.4 is 5.56 Å². The van der Waals surface area contributed by atoms with Crippen LogP contribution in [0.5, 0.6) is 0 Å². The molecule has 1 aliphatic carbocycles. The molecule has 2 N–H and O–H groups in total. The molecule has 0 spiro atoms. The van der Waals surface area contributed by atoms with Gasteiger partial charge in [0.2, 0.25) is 5.82 Å². The second-order valence-corrected chi connectivity index (χ2v) is 8.78. The van der Waals surface area contributed by atoms with Gasteiger partial charge in [-0.1, -0.05) is 17.3 Å². The molecule has 6 rings (SSSR count). The zero-order valence-corrected chi connectivity index (χ0v) is 17.5. The van der Waals surface area contributed by atoms with E-state index in [9.17, 15) is 15.0 Å². The Morgan fingerprint density at radius 3 is 2.62 bits per heavy atom. The van der Waals surface area contributed by atoms with Crippen LogP contribution in [-0.2, 0) is 12.1 Å². The zero-order chi connectivity index (χ0) is 21.9. The summed E-state index contributed by atoms with van der Waals surface area (Å²) in [7, 11) is 0. The summed E-state index contributed by atoms with van der Waals surface area (Å²) in [5, 5.41) is 24.0. The molecule has 0 unspecified atom stereocenters. The summed E-state index contributed by atoms with van der Waals surface area (Å²) in [4.78, 5) is 24.7. The Morgan fingerprint density at radius 2 is 1.88 bits per heavy atom. The van der Waals surface area contributed by atoms with Gasteiger partial charge in [0.1, 0.15) is 23.1 Å². The Labute approximate surface area is 182 Å². The molecule has 10 heteroatoms. The predicted molar refractivity (Wildman–Crippen MR) is 115 cm³/mol. The number of benzene rings is 1. The molecule has 1 aromatic carbocycles. The first-order chi connectivity index (χ1) is 15.5. The molecule has 1 aliphatic heterocycles. The number of imidazole rings is 1. The van der Waals surface area contributed by atoms with Crippen molar-refractivity contribution in [2.24, 2.45) is 0 Å². The number of likely N-dealkylation sites (tertiary alicyclic amines) is 1. The minimum Gasteiger partial charge on any atom is -0.393 e. The highest BCUT2D eigenvalue weighted by Crippen LogP contribution is 2.44. The molecule has 32 heavy (non-hydrogen) atoms. The van der Waals surface area contributed by atoms with Gasteiger partial charge in [0.15, 0.2) is 0 Å². The summed E-state index contributed by atoms with van der Waals surface area (Å²) in [6, 6.07) is 7.73. The van der Waals surface area contributed by atoms with E-state index in [1.807, 2.05) is 24.3 Å². The summed E-state index contributed by atoms with van der Waals surface area (Å²) in [6.07, 6.45) is 4.07. The van der Waals surface area contributed by atoms with E-state index in [0.717, 1.165) is 43.5 Å². The summed E-state index contributed by atoms with van der Waals surface area (Å²) in [5.41, 5.74) is 1.19. The lowest BCUT2D eigenvalue weighted by Crippen LogP contribution is -2.39. The van der Waals surface area contributed by atoms with E-state index in [4.69, 9.17) is 4.52 Å². The van der Waals surface area contributed by atoms with Crippen molar-refractivity contribution in [3.05, 3.63) is 46.8 Å². The van der Waals surface area contributed by atoms with Gasteiger partial charge in [-0.25, -0.2) is 4.98 Å². The third-order valence-electron chi connectivity index (χ3n) is 6.60.